The average Bonchev–Trinajstić information content (AvgIpc) is 2.45. The molecule has 1 nitrogen and oxygen atoms in total. The predicted octanol–water partition coefficient (Wildman–Crippen LogP) is 7.19. The Bertz CT molecular complexity index is 201. The zero-order valence-corrected chi connectivity index (χ0v) is 16.8. The van der Waals surface area contributed by atoms with Gasteiger partial charge in [-0.25, -0.2) is 0 Å². The van der Waals surface area contributed by atoms with Crippen LogP contribution in [0.15, 0.2) is 0 Å². The first-order valence-electron chi connectivity index (χ1n) is 9.01. The lowest BCUT2D eigenvalue weighted by Crippen LogP contribution is -2.31. The van der Waals surface area contributed by atoms with Crippen LogP contribution in [-0.2, 0) is 4.43 Å². The molecule has 0 saturated heterocycles. The average molecular weight is 365 g/mol. The summed E-state index contributed by atoms with van der Waals surface area (Å²) in [5.74, 6) is 0. The van der Waals surface area contributed by atoms with Crippen molar-refractivity contribution in [3.63, 3.8) is 0 Å². The first kappa shape index (κ1) is 20.7. The lowest BCUT2D eigenvalue weighted by atomic mass is 10.1. The van der Waals surface area contributed by atoms with E-state index in [2.05, 4.69) is 36.1 Å². The highest BCUT2D eigenvalue weighted by atomic mass is 79.9. The highest BCUT2D eigenvalue weighted by Gasteiger charge is 2.30. The van der Waals surface area contributed by atoms with Crippen LogP contribution in [0.4, 0.5) is 0 Å². The Morgan fingerprint density at radius 3 is 1.60 bits per heavy atom. The minimum Gasteiger partial charge on any atom is -0.406 e. The Kier molecular flexibility index (Phi) is 15.1. The van der Waals surface area contributed by atoms with Gasteiger partial charge in [-0.2, -0.15) is 0 Å². The molecule has 0 aliphatic rings. The monoisotopic (exact) mass is 364 g/mol. The van der Waals surface area contributed by atoms with Crippen molar-refractivity contribution in [2.24, 2.45) is 0 Å². The SMILES string of the molecule is CCCCCCCC[Si](Br)(CCCCCC)OCCC. The van der Waals surface area contributed by atoms with Crippen molar-refractivity contribution in [3.05, 3.63) is 0 Å². The molecule has 0 aromatic carbocycles. The number of halogens is 1. The fourth-order valence-corrected chi connectivity index (χ4v) is 7.37. The van der Waals surface area contributed by atoms with Crippen molar-refractivity contribution in [2.45, 2.75) is 103 Å². The molecule has 0 saturated carbocycles. The van der Waals surface area contributed by atoms with Crippen LogP contribution in [0.25, 0.3) is 0 Å². The van der Waals surface area contributed by atoms with Gasteiger partial charge in [0.15, 0.2) is 0 Å². The van der Waals surface area contributed by atoms with Crippen molar-refractivity contribution in [1.82, 2.24) is 0 Å². The van der Waals surface area contributed by atoms with Gasteiger partial charge in [0.2, 0.25) is 0 Å². The second-order valence-corrected chi connectivity index (χ2v) is 13.5. The maximum absolute atomic E-state index is 6.24. The smallest absolute Gasteiger partial charge is 0.263 e. The number of hydrogen-bond donors (Lipinski definition) is 0. The van der Waals surface area contributed by atoms with Gasteiger partial charge in [0.1, 0.15) is 0 Å². The normalized spacial score (nSPS) is 14.4. The molecular weight excluding hydrogens is 328 g/mol. The zero-order chi connectivity index (χ0) is 15.1. The van der Waals surface area contributed by atoms with Crippen LogP contribution in [0, 0.1) is 0 Å². The molecule has 20 heavy (non-hydrogen) atoms. The first-order chi connectivity index (χ1) is 9.68. The van der Waals surface area contributed by atoms with Crippen LogP contribution < -0.4 is 0 Å². The minimum atomic E-state index is -1.58. The molecular formula is C17H37BrOSi. The van der Waals surface area contributed by atoms with Gasteiger partial charge in [0, 0.05) is 6.61 Å². The van der Waals surface area contributed by atoms with E-state index >= 15 is 0 Å². The van der Waals surface area contributed by atoms with Crippen molar-refractivity contribution >= 4 is 22.2 Å². The number of rotatable bonds is 15. The second-order valence-electron chi connectivity index (χ2n) is 6.06. The molecule has 0 aliphatic heterocycles. The molecule has 0 N–H and O–H groups in total. The third-order valence-corrected chi connectivity index (χ3v) is 9.86. The molecule has 0 radical (unpaired) electrons. The molecule has 0 spiro atoms. The Labute approximate surface area is 137 Å². The third kappa shape index (κ3) is 12.4. The molecule has 122 valence electrons. The maximum atomic E-state index is 6.24. The standard InChI is InChI=1S/C17H37BrOSi/c1-4-7-9-11-12-14-17-20(18,19-15-6-3)16-13-10-8-5-2/h4-17H2,1-3H3. The van der Waals surface area contributed by atoms with Gasteiger partial charge >= 0.3 is 0 Å². The van der Waals surface area contributed by atoms with Crippen molar-refractivity contribution in [1.29, 1.82) is 0 Å². The van der Waals surface area contributed by atoms with Crippen LogP contribution in [0.1, 0.15) is 91.4 Å². The predicted molar refractivity (Wildman–Crippen MR) is 98.1 cm³/mol. The molecule has 3 heteroatoms. The molecule has 1 unspecified atom stereocenters. The Balaban J connectivity index is 3.85. The minimum absolute atomic E-state index is 0.946. The largest absolute Gasteiger partial charge is 0.406 e. The summed E-state index contributed by atoms with van der Waals surface area (Å²) >= 11 is 4.04. The quantitative estimate of drug-likeness (QED) is 0.169. The van der Waals surface area contributed by atoms with E-state index in [0.717, 1.165) is 13.0 Å². The van der Waals surface area contributed by atoms with E-state index in [1.807, 2.05) is 0 Å². The van der Waals surface area contributed by atoms with Gasteiger partial charge in [-0.3, -0.25) is 0 Å². The molecule has 1 atom stereocenters. The summed E-state index contributed by atoms with van der Waals surface area (Å²) in [4.78, 5) is 0. The highest BCUT2D eigenvalue weighted by molar-refractivity contribution is 9.25. The van der Waals surface area contributed by atoms with Crippen LogP contribution in [0.3, 0.4) is 0 Å². The summed E-state index contributed by atoms with van der Waals surface area (Å²) in [5.41, 5.74) is 0. The van der Waals surface area contributed by atoms with Crippen molar-refractivity contribution in [2.75, 3.05) is 6.61 Å². The van der Waals surface area contributed by atoms with E-state index in [1.165, 1.54) is 76.3 Å². The van der Waals surface area contributed by atoms with Crippen molar-refractivity contribution in [3.8, 4) is 0 Å². The molecule has 0 aromatic heterocycles. The van der Waals surface area contributed by atoms with E-state index in [4.69, 9.17) is 4.43 Å². The van der Waals surface area contributed by atoms with Gasteiger partial charge in [-0.1, -0.05) is 100 Å². The fourth-order valence-electron chi connectivity index (χ4n) is 2.54. The topological polar surface area (TPSA) is 9.23 Å². The van der Waals surface area contributed by atoms with Gasteiger partial charge in [-0.05, 0) is 18.5 Å². The van der Waals surface area contributed by atoms with E-state index in [1.54, 1.807) is 0 Å². The van der Waals surface area contributed by atoms with E-state index in [-0.39, 0.29) is 0 Å². The molecule has 0 amide bonds. The highest BCUT2D eigenvalue weighted by Crippen LogP contribution is 2.30. The summed E-state index contributed by atoms with van der Waals surface area (Å²) in [6, 6.07) is 2.62. The molecule has 0 aromatic rings. The lowest BCUT2D eigenvalue weighted by molar-refractivity contribution is 0.311. The summed E-state index contributed by atoms with van der Waals surface area (Å²) in [6.07, 6.45) is 14.9. The van der Waals surface area contributed by atoms with Gasteiger partial charge in [-0.15, -0.1) is 0 Å². The van der Waals surface area contributed by atoms with Gasteiger partial charge in [0.05, 0.1) is 0 Å². The summed E-state index contributed by atoms with van der Waals surface area (Å²) < 4.78 is 6.24. The van der Waals surface area contributed by atoms with Crippen molar-refractivity contribution < 1.29 is 4.43 Å². The number of hydrogen-bond acceptors (Lipinski definition) is 1. The molecule has 0 rings (SSSR count). The van der Waals surface area contributed by atoms with Gasteiger partial charge < -0.3 is 4.43 Å². The molecule has 0 heterocycles. The van der Waals surface area contributed by atoms with Crippen LogP contribution in [0.2, 0.25) is 12.1 Å². The van der Waals surface area contributed by atoms with E-state index in [0.29, 0.717) is 0 Å². The lowest BCUT2D eigenvalue weighted by Gasteiger charge is -2.25. The Hall–Kier alpha value is 0.657. The Morgan fingerprint density at radius 2 is 1.10 bits per heavy atom. The maximum Gasteiger partial charge on any atom is 0.263 e. The summed E-state index contributed by atoms with van der Waals surface area (Å²) in [5, 5.41) is 0. The summed E-state index contributed by atoms with van der Waals surface area (Å²) in [7, 11) is 0. The second kappa shape index (κ2) is 14.6. The summed E-state index contributed by atoms with van der Waals surface area (Å²) in [6.45, 7) is 6.14. The first-order valence-corrected chi connectivity index (χ1v) is 13.6. The number of unbranched alkanes of at least 4 members (excludes halogenated alkanes) is 8. The third-order valence-electron chi connectivity index (χ3n) is 3.87. The Morgan fingerprint density at radius 1 is 0.650 bits per heavy atom. The molecule has 0 fully saturated rings. The fraction of sp³-hybridized carbons (Fsp3) is 1.00. The zero-order valence-electron chi connectivity index (χ0n) is 14.2. The molecule has 0 aliphatic carbocycles. The van der Waals surface area contributed by atoms with Gasteiger partial charge in [0.25, 0.3) is 6.94 Å². The van der Waals surface area contributed by atoms with Crippen LogP contribution in [0.5, 0.6) is 0 Å². The molecule has 0 bridgehead atoms. The van der Waals surface area contributed by atoms with Crippen LogP contribution >= 0.6 is 15.3 Å². The van der Waals surface area contributed by atoms with Crippen LogP contribution in [-0.4, -0.2) is 13.5 Å². The van der Waals surface area contributed by atoms with E-state index < -0.39 is 6.94 Å². The van der Waals surface area contributed by atoms with E-state index in [9.17, 15) is 0 Å².